The number of rotatable bonds is 3. The number of aliphatic imine (C=N–C) groups is 1. The lowest BCUT2D eigenvalue weighted by Crippen LogP contribution is -2.41. The first-order chi connectivity index (χ1) is 12.7. The molecule has 0 spiro atoms. The van der Waals surface area contributed by atoms with Gasteiger partial charge in [-0.15, -0.1) is 0 Å². The highest BCUT2D eigenvalue weighted by atomic mass is 19.1. The van der Waals surface area contributed by atoms with Gasteiger partial charge in [-0.3, -0.25) is 4.99 Å². The highest BCUT2D eigenvalue weighted by molar-refractivity contribution is 6.35. The average Bonchev–Trinajstić information content (AvgIpc) is 3.10. The van der Waals surface area contributed by atoms with E-state index in [1.165, 1.54) is 6.07 Å². The van der Waals surface area contributed by atoms with E-state index in [1.807, 2.05) is 6.08 Å². The minimum absolute atomic E-state index is 0.123. The fourth-order valence-electron chi connectivity index (χ4n) is 3.30. The van der Waals surface area contributed by atoms with E-state index in [1.54, 1.807) is 18.3 Å². The van der Waals surface area contributed by atoms with Crippen LogP contribution in [0.5, 0.6) is 0 Å². The van der Waals surface area contributed by atoms with Gasteiger partial charge in [-0.1, -0.05) is 6.07 Å². The van der Waals surface area contributed by atoms with Gasteiger partial charge in [-0.25, -0.2) is 9.37 Å². The molecule has 0 amide bonds. The van der Waals surface area contributed by atoms with Crippen LogP contribution in [0.2, 0.25) is 0 Å². The van der Waals surface area contributed by atoms with Gasteiger partial charge in [0.25, 0.3) is 0 Å². The quantitative estimate of drug-likeness (QED) is 0.819. The summed E-state index contributed by atoms with van der Waals surface area (Å²) < 4.78 is 18.7. The number of hydrogen-bond donors (Lipinski definition) is 2. The van der Waals surface area contributed by atoms with Crippen molar-refractivity contribution in [2.45, 2.75) is 6.04 Å². The van der Waals surface area contributed by atoms with Crippen molar-refractivity contribution in [3.8, 4) is 0 Å². The number of benzene rings is 1. The Labute approximate surface area is 149 Å². The number of anilines is 3. The van der Waals surface area contributed by atoms with Crippen LogP contribution >= 0.6 is 0 Å². The molecule has 1 fully saturated rings. The number of halogens is 1. The third-order valence-corrected chi connectivity index (χ3v) is 4.71. The molecule has 0 atom stereocenters. The second-order valence-corrected chi connectivity index (χ2v) is 6.50. The van der Waals surface area contributed by atoms with Gasteiger partial charge in [0.2, 0.25) is 5.95 Å². The zero-order valence-corrected chi connectivity index (χ0v) is 13.9. The van der Waals surface area contributed by atoms with E-state index in [2.05, 4.69) is 25.2 Å². The van der Waals surface area contributed by atoms with Crippen LogP contribution in [0, 0.1) is 5.82 Å². The summed E-state index contributed by atoms with van der Waals surface area (Å²) in [6, 6.07) is 5.00. The molecule has 2 aromatic rings. The number of nitrogens with zero attached hydrogens (tertiary/aromatic N) is 4. The maximum absolute atomic E-state index is 13.5. The number of amidine groups is 1. The van der Waals surface area contributed by atoms with E-state index in [0.717, 1.165) is 34.9 Å². The minimum atomic E-state index is -0.421. The summed E-state index contributed by atoms with van der Waals surface area (Å²) in [5.74, 6) is 1.83. The summed E-state index contributed by atoms with van der Waals surface area (Å²) in [5, 5.41) is 3.27. The minimum Gasteiger partial charge on any atom is -0.396 e. The molecule has 3 aliphatic rings. The van der Waals surface area contributed by atoms with Gasteiger partial charge in [0.05, 0.1) is 31.5 Å². The molecule has 0 aliphatic carbocycles. The van der Waals surface area contributed by atoms with Crippen molar-refractivity contribution in [2.24, 2.45) is 4.99 Å². The van der Waals surface area contributed by atoms with Crippen LogP contribution in [0.1, 0.15) is 11.1 Å². The van der Waals surface area contributed by atoms with Crippen LogP contribution in [-0.2, 0) is 4.74 Å². The molecule has 0 saturated carbocycles. The van der Waals surface area contributed by atoms with Crippen LogP contribution in [0.3, 0.4) is 0 Å². The molecule has 26 heavy (non-hydrogen) atoms. The molecule has 5 rings (SSSR count). The standard InChI is InChI=1S/C18H17FN6O/c19-14-2-1-10(6-15(14)20)13-5-11-7-22-18(23-12-8-26-9-12)24-16(11)25-4-3-21-17(13)25/h1-2,5-7,12H,3-4,8-9,20H2,(H,22,23,24). The van der Waals surface area contributed by atoms with E-state index < -0.39 is 5.82 Å². The van der Waals surface area contributed by atoms with E-state index in [4.69, 9.17) is 10.5 Å². The highest BCUT2D eigenvalue weighted by Crippen LogP contribution is 2.35. The number of nitrogen functional groups attached to an aromatic ring is 1. The summed E-state index contributed by atoms with van der Waals surface area (Å²) in [6.07, 6.45) is 3.78. The first-order valence-electron chi connectivity index (χ1n) is 8.50. The van der Waals surface area contributed by atoms with Crippen molar-refractivity contribution in [1.82, 2.24) is 9.97 Å². The normalized spacial score (nSPS) is 18.6. The van der Waals surface area contributed by atoms with E-state index >= 15 is 0 Å². The van der Waals surface area contributed by atoms with Crippen LogP contribution in [0.15, 0.2) is 29.4 Å². The molecule has 0 unspecified atom stereocenters. The van der Waals surface area contributed by atoms with Crippen LogP contribution in [0.4, 0.5) is 21.8 Å². The summed E-state index contributed by atoms with van der Waals surface area (Å²) >= 11 is 0. The SMILES string of the molecule is Nc1cc(C2=Cc3cnc(NC4COC4)nc3N3CCN=C23)ccc1F. The maximum atomic E-state index is 13.5. The Morgan fingerprint density at radius 3 is 2.96 bits per heavy atom. The molecular weight excluding hydrogens is 335 g/mol. The van der Waals surface area contributed by atoms with Crippen molar-refractivity contribution >= 4 is 34.9 Å². The molecule has 0 bridgehead atoms. The number of aromatic nitrogens is 2. The van der Waals surface area contributed by atoms with E-state index in [0.29, 0.717) is 25.7 Å². The van der Waals surface area contributed by atoms with Crippen molar-refractivity contribution in [3.63, 3.8) is 0 Å². The highest BCUT2D eigenvalue weighted by Gasteiger charge is 2.31. The second-order valence-electron chi connectivity index (χ2n) is 6.50. The number of hydrogen-bond acceptors (Lipinski definition) is 7. The Bertz CT molecular complexity index is 953. The summed E-state index contributed by atoms with van der Waals surface area (Å²) in [7, 11) is 0. The maximum Gasteiger partial charge on any atom is 0.225 e. The largest absolute Gasteiger partial charge is 0.396 e. The number of nitrogens with one attached hydrogen (secondary N) is 1. The molecule has 3 N–H and O–H groups in total. The van der Waals surface area contributed by atoms with Gasteiger partial charge in [0.15, 0.2) is 0 Å². The predicted molar refractivity (Wildman–Crippen MR) is 98.6 cm³/mol. The van der Waals surface area contributed by atoms with Gasteiger partial charge in [-0.05, 0) is 23.8 Å². The van der Waals surface area contributed by atoms with Crippen molar-refractivity contribution in [2.75, 3.05) is 42.3 Å². The number of ether oxygens (including phenoxy) is 1. The van der Waals surface area contributed by atoms with Gasteiger partial charge in [-0.2, -0.15) is 4.98 Å². The summed E-state index contributed by atoms with van der Waals surface area (Å²) in [4.78, 5) is 15.8. The van der Waals surface area contributed by atoms with Crippen molar-refractivity contribution in [3.05, 3.63) is 41.3 Å². The Kier molecular flexibility index (Phi) is 3.39. The molecule has 8 heteroatoms. The second kappa shape index (κ2) is 5.77. The molecule has 1 aromatic heterocycles. The smallest absolute Gasteiger partial charge is 0.225 e. The number of fused-ring (bicyclic) bond motifs is 3. The third kappa shape index (κ3) is 2.41. The summed E-state index contributed by atoms with van der Waals surface area (Å²) in [6.45, 7) is 2.78. The number of nitrogens with two attached hydrogens (primary N) is 1. The molecule has 132 valence electrons. The molecular formula is C18H17FN6O. The van der Waals surface area contributed by atoms with E-state index in [9.17, 15) is 4.39 Å². The predicted octanol–water partition coefficient (Wildman–Crippen LogP) is 1.78. The van der Waals surface area contributed by atoms with Crippen molar-refractivity contribution in [1.29, 1.82) is 0 Å². The lowest BCUT2D eigenvalue weighted by molar-refractivity contribution is 0.0208. The van der Waals surface area contributed by atoms with Crippen LogP contribution in [-0.4, -0.2) is 48.1 Å². The Morgan fingerprint density at radius 1 is 1.31 bits per heavy atom. The monoisotopic (exact) mass is 352 g/mol. The lowest BCUT2D eigenvalue weighted by Gasteiger charge is -2.29. The molecule has 0 radical (unpaired) electrons. The topological polar surface area (TPSA) is 88.7 Å². The first kappa shape index (κ1) is 15.3. The lowest BCUT2D eigenvalue weighted by atomic mass is 9.98. The van der Waals surface area contributed by atoms with Gasteiger partial charge in [0.1, 0.15) is 17.5 Å². The zero-order chi connectivity index (χ0) is 17.7. The molecule has 3 aliphatic heterocycles. The van der Waals surface area contributed by atoms with Crippen LogP contribution in [0.25, 0.3) is 11.6 Å². The first-order valence-corrected chi connectivity index (χ1v) is 8.50. The third-order valence-electron chi connectivity index (χ3n) is 4.71. The van der Waals surface area contributed by atoms with Gasteiger partial charge >= 0.3 is 0 Å². The Hall–Kier alpha value is -3.00. The van der Waals surface area contributed by atoms with E-state index in [-0.39, 0.29) is 11.7 Å². The zero-order valence-electron chi connectivity index (χ0n) is 13.9. The average molecular weight is 352 g/mol. The summed E-state index contributed by atoms with van der Waals surface area (Å²) in [5.41, 5.74) is 8.50. The van der Waals surface area contributed by atoms with Crippen molar-refractivity contribution < 1.29 is 9.13 Å². The van der Waals surface area contributed by atoms with Gasteiger partial charge < -0.3 is 20.7 Å². The molecule has 4 heterocycles. The molecule has 1 aromatic carbocycles. The molecule has 1 saturated heterocycles. The Balaban J connectivity index is 1.56. The fourth-order valence-corrected chi connectivity index (χ4v) is 3.30. The van der Waals surface area contributed by atoms with Crippen LogP contribution < -0.4 is 16.0 Å². The fraction of sp³-hybridized carbons (Fsp3) is 0.278. The van der Waals surface area contributed by atoms with Gasteiger partial charge in [0, 0.05) is 23.9 Å². The Morgan fingerprint density at radius 2 is 2.19 bits per heavy atom. The molecule has 7 nitrogen and oxygen atoms in total.